The molecule has 0 saturated carbocycles. The van der Waals surface area contributed by atoms with Gasteiger partial charge in [0.05, 0.1) is 12.1 Å². The van der Waals surface area contributed by atoms with Crippen LogP contribution >= 0.6 is 11.3 Å². The van der Waals surface area contributed by atoms with Crippen LogP contribution < -0.4 is 5.32 Å². The zero-order chi connectivity index (χ0) is 18.7. The summed E-state index contributed by atoms with van der Waals surface area (Å²) in [6.07, 6.45) is -0.0507. The van der Waals surface area contributed by atoms with E-state index in [0.29, 0.717) is 5.69 Å². The van der Waals surface area contributed by atoms with Crippen LogP contribution in [0.5, 0.6) is 0 Å². The second-order valence-electron chi connectivity index (χ2n) is 6.43. The van der Waals surface area contributed by atoms with Gasteiger partial charge in [-0.05, 0) is 13.8 Å². The lowest BCUT2D eigenvalue weighted by atomic mass is 10.1. The zero-order valence-electron chi connectivity index (χ0n) is 14.5. The van der Waals surface area contributed by atoms with E-state index in [1.54, 1.807) is 13.8 Å². The first kappa shape index (κ1) is 18.1. The number of urea groups is 1. The van der Waals surface area contributed by atoms with Crippen molar-refractivity contribution in [3.05, 3.63) is 41.4 Å². The van der Waals surface area contributed by atoms with Crippen molar-refractivity contribution < 1.29 is 19.1 Å². The van der Waals surface area contributed by atoms with Crippen molar-refractivity contribution in [2.75, 3.05) is 6.54 Å². The minimum Gasteiger partial charge on any atom is -0.459 e. The van der Waals surface area contributed by atoms with Crippen molar-refractivity contribution >= 4 is 29.2 Å². The van der Waals surface area contributed by atoms with Crippen LogP contribution in [0.15, 0.2) is 35.7 Å². The molecule has 1 N–H and O–H groups in total. The molecule has 26 heavy (non-hydrogen) atoms. The molecule has 1 aliphatic heterocycles. The van der Waals surface area contributed by atoms with Gasteiger partial charge in [0.15, 0.2) is 0 Å². The fourth-order valence-corrected chi connectivity index (χ4v) is 3.35. The Balaban J connectivity index is 1.49. The Labute approximate surface area is 155 Å². The number of hydrogen-bond donors (Lipinski definition) is 1. The summed E-state index contributed by atoms with van der Waals surface area (Å²) in [4.78, 5) is 41.2. The lowest BCUT2D eigenvalue weighted by Gasteiger charge is -2.15. The SMILES string of the molecule is CC1(C)NC(=O)N(CCC(=O)OCc2csc(-c3ccccc3)n2)C1=O. The average Bonchev–Trinajstić information content (AvgIpc) is 3.16. The van der Waals surface area contributed by atoms with Crippen LogP contribution in [0.4, 0.5) is 4.79 Å². The summed E-state index contributed by atoms with van der Waals surface area (Å²) in [5.41, 5.74) is 0.740. The van der Waals surface area contributed by atoms with Crippen molar-refractivity contribution in [1.82, 2.24) is 15.2 Å². The van der Waals surface area contributed by atoms with Gasteiger partial charge in [0.1, 0.15) is 17.2 Å². The molecule has 136 valence electrons. The second-order valence-corrected chi connectivity index (χ2v) is 7.29. The Hall–Kier alpha value is -2.74. The maximum atomic E-state index is 12.0. The summed E-state index contributed by atoms with van der Waals surface area (Å²) >= 11 is 1.48. The van der Waals surface area contributed by atoms with E-state index >= 15 is 0 Å². The van der Waals surface area contributed by atoms with Crippen LogP contribution in [0.3, 0.4) is 0 Å². The van der Waals surface area contributed by atoms with E-state index in [0.717, 1.165) is 15.5 Å². The molecule has 1 aliphatic rings. The molecular formula is C18H19N3O4S. The van der Waals surface area contributed by atoms with Gasteiger partial charge in [0, 0.05) is 17.5 Å². The van der Waals surface area contributed by atoms with Gasteiger partial charge in [-0.25, -0.2) is 9.78 Å². The van der Waals surface area contributed by atoms with Crippen LogP contribution in [0.2, 0.25) is 0 Å². The lowest BCUT2D eigenvalue weighted by molar-refractivity contribution is -0.145. The molecule has 3 rings (SSSR count). The summed E-state index contributed by atoms with van der Waals surface area (Å²) in [6, 6.07) is 9.26. The van der Waals surface area contributed by atoms with E-state index in [2.05, 4.69) is 10.3 Å². The van der Waals surface area contributed by atoms with Gasteiger partial charge in [-0.2, -0.15) is 0 Å². The van der Waals surface area contributed by atoms with E-state index in [9.17, 15) is 14.4 Å². The van der Waals surface area contributed by atoms with Crippen LogP contribution in [0.25, 0.3) is 10.6 Å². The first-order chi connectivity index (χ1) is 12.4. The van der Waals surface area contributed by atoms with E-state index in [1.807, 2.05) is 35.7 Å². The van der Waals surface area contributed by atoms with Crippen LogP contribution in [-0.4, -0.2) is 39.9 Å². The summed E-state index contributed by atoms with van der Waals surface area (Å²) in [5, 5.41) is 5.27. The van der Waals surface area contributed by atoms with Crippen molar-refractivity contribution in [3.63, 3.8) is 0 Å². The Morgan fingerprint density at radius 3 is 2.65 bits per heavy atom. The molecule has 8 heteroatoms. The fraction of sp³-hybridized carbons (Fsp3) is 0.333. The van der Waals surface area contributed by atoms with E-state index in [4.69, 9.17) is 4.74 Å². The highest BCUT2D eigenvalue weighted by Gasteiger charge is 2.44. The van der Waals surface area contributed by atoms with E-state index in [-0.39, 0.29) is 25.5 Å². The number of carbonyl (C=O) groups is 3. The van der Waals surface area contributed by atoms with Crippen LogP contribution in [-0.2, 0) is 20.9 Å². The number of carbonyl (C=O) groups excluding carboxylic acids is 3. The molecule has 7 nitrogen and oxygen atoms in total. The minimum absolute atomic E-state index is 0.000733. The first-order valence-corrected chi connectivity index (χ1v) is 9.04. The predicted molar refractivity (Wildman–Crippen MR) is 96.3 cm³/mol. The smallest absolute Gasteiger partial charge is 0.325 e. The number of amides is 3. The summed E-state index contributed by atoms with van der Waals surface area (Å²) in [5.74, 6) is -0.827. The average molecular weight is 373 g/mol. The molecule has 0 bridgehead atoms. The van der Waals surface area contributed by atoms with Crippen LogP contribution in [0.1, 0.15) is 26.0 Å². The number of esters is 1. The number of hydrogen-bond acceptors (Lipinski definition) is 6. The van der Waals surface area contributed by atoms with Gasteiger partial charge in [-0.1, -0.05) is 30.3 Å². The molecule has 2 aromatic rings. The molecule has 0 radical (unpaired) electrons. The monoisotopic (exact) mass is 373 g/mol. The third-order valence-corrected chi connectivity index (χ3v) is 4.88. The van der Waals surface area contributed by atoms with Crippen molar-refractivity contribution in [3.8, 4) is 10.6 Å². The second kappa shape index (κ2) is 7.25. The fourth-order valence-electron chi connectivity index (χ4n) is 2.54. The molecule has 0 spiro atoms. The topological polar surface area (TPSA) is 88.6 Å². The Morgan fingerprint density at radius 1 is 1.27 bits per heavy atom. The number of benzene rings is 1. The molecule has 0 aliphatic carbocycles. The molecule has 3 amide bonds. The highest BCUT2D eigenvalue weighted by Crippen LogP contribution is 2.23. The number of nitrogens with zero attached hydrogens (tertiary/aromatic N) is 2. The first-order valence-electron chi connectivity index (χ1n) is 8.16. The van der Waals surface area contributed by atoms with Gasteiger partial charge in [-0.3, -0.25) is 14.5 Å². The highest BCUT2D eigenvalue weighted by atomic mass is 32.1. The molecule has 1 fully saturated rings. The third kappa shape index (κ3) is 3.91. The molecule has 0 unspecified atom stereocenters. The normalized spacial score (nSPS) is 15.8. The molecule has 1 aromatic carbocycles. The number of ether oxygens (including phenoxy) is 1. The Bertz CT molecular complexity index is 832. The molecule has 0 atom stereocenters. The quantitative estimate of drug-likeness (QED) is 0.621. The molecule has 2 heterocycles. The van der Waals surface area contributed by atoms with Gasteiger partial charge in [0.2, 0.25) is 0 Å². The minimum atomic E-state index is -0.935. The number of rotatable bonds is 6. The van der Waals surface area contributed by atoms with E-state index in [1.165, 1.54) is 11.3 Å². The largest absolute Gasteiger partial charge is 0.459 e. The van der Waals surface area contributed by atoms with E-state index < -0.39 is 17.5 Å². The van der Waals surface area contributed by atoms with Crippen molar-refractivity contribution in [1.29, 1.82) is 0 Å². The zero-order valence-corrected chi connectivity index (χ0v) is 15.3. The maximum Gasteiger partial charge on any atom is 0.325 e. The number of aromatic nitrogens is 1. The van der Waals surface area contributed by atoms with Crippen molar-refractivity contribution in [2.45, 2.75) is 32.4 Å². The molecule has 1 aromatic heterocycles. The molecule has 1 saturated heterocycles. The summed E-state index contributed by atoms with van der Waals surface area (Å²) < 4.78 is 5.20. The number of nitrogens with one attached hydrogen (secondary N) is 1. The molecular weight excluding hydrogens is 354 g/mol. The Kier molecular flexibility index (Phi) is 5.03. The van der Waals surface area contributed by atoms with Crippen LogP contribution in [0, 0.1) is 0 Å². The van der Waals surface area contributed by atoms with Gasteiger partial charge in [0.25, 0.3) is 5.91 Å². The third-order valence-electron chi connectivity index (χ3n) is 3.94. The summed E-state index contributed by atoms with van der Waals surface area (Å²) in [6.45, 7) is 3.31. The summed E-state index contributed by atoms with van der Waals surface area (Å²) in [7, 11) is 0. The standard InChI is InChI=1S/C18H19N3O4S/c1-18(2)16(23)21(17(24)20-18)9-8-14(22)25-10-13-11-26-15(19-13)12-6-4-3-5-7-12/h3-7,11H,8-10H2,1-2H3,(H,20,24). The number of thiazole rings is 1. The number of imide groups is 1. The highest BCUT2D eigenvalue weighted by molar-refractivity contribution is 7.13. The Morgan fingerprint density at radius 2 is 2.00 bits per heavy atom. The lowest BCUT2D eigenvalue weighted by Crippen LogP contribution is -2.40. The maximum absolute atomic E-state index is 12.0. The predicted octanol–water partition coefficient (Wildman–Crippen LogP) is 2.57. The van der Waals surface area contributed by atoms with Gasteiger partial charge < -0.3 is 10.1 Å². The van der Waals surface area contributed by atoms with Crippen molar-refractivity contribution in [2.24, 2.45) is 0 Å². The van der Waals surface area contributed by atoms with Gasteiger partial charge >= 0.3 is 12.0 Å². The van der Waals surface area contributed by atoms with Gasteiger partial charge in [-0.15, -0.1) is 11.3 Å².